The number of alkyl carbamates (subject to hydrolysis) is 1. The average molecular weight is 183 g/mol. The summed E-state index contributed by atoms with van der Waals surface area (Å²) in [5.41, 5.74) is 0. The molecule has 0 radical (unpaired) electrons. The van der Waals surface area contributed by atoms with Crippen molar-refractivity contribution < 1.29 is 9.53 Å². The van der Waals surface area contributed by atoms with Gasteiger partial charge in [0.1, 0.15) is 0 Å². The van der Waals surface area contributed by atoms with E-state index in [9.17, 15) is 4.79 Å². The zero-order chi connectivity index (χ0) is 9.26. The van der Waals surface area contributed by atoms with Gasteiger partial charge in [0.15, 0.2) is 0 Å². The molecule has 2 aliphatic rings. The molecule has 74 valence electrons. The van der Waals surface area contributed by atoms with Crippen LogP contribution in [0, 0.1) is 11.8 Å². The van der Waals surface area contributed by atoms with Gasteiger partial charge in [-0.05, 0) is 31.6 Å². The molecule has 3 nitrogen and oxygen atoms in total. The van der Waals surface area contributed by atoms with Gasteiger partial charge in [-0.15, -0.1) is 0 Å². The van der Waals surface area contributed by atoms with Crippen LogP contribution in [-0.2, 0) is 4.74 Å². The first-order valence-corrected chi connectivity index (χ1v) is 5.24. The van der Waals surface area contributed by atoms with E-state index < -0.39 is 0 Å². The Morgan fingerprint density at radius 2 is 2.38 bits per heavy atom. The first-order chi connectivity index (χ1) is 6.31. The highest BCUT2D eigenvalue weighted by Crippen LogP contribution is 2.49. The van der Waals surface area contributed by atoms with E-state index in [1.54, 1.807) is 0 Å². The summed E-state index contributed by atoms with van der Waals surface area (Å²) in [6.07, 6.45) is 4.85. The lowest BCUT2D eigenvalue weighted by Crippen LogP contribution is -2.38. The number of hydrogen-bond acceptors (Lipinski definition) is 2. The third-order valence-corrected chi connectivity index (χ3v) is 3.16. The van der Waals surface area contributed by atoms with Gasteiger partial charge in [-0.3, -0.25) is 0 Å². The number of carbonyl (C=O) groups excluding carboxylic acids is 1. The largest absolute Gasteiger partial charge is 0.450 e. The van der Waals surface area contributed by atoms with Crippen LogP contribution in [-0.4, -0.2) is 18.7 Å². The maximum atomic E-state index is 11.1. The Morgan fingerprint density at radius 1 is 1.54 bits per heavy atom. The van der Waals surface area contributed by atoms with Crippen LogP contribution in [0.25, 0.3) is 0 Å². The normalized spacial score (nSPS) is 36.2. The first-order valence-electron chi connectivity index (χ1n) is 5.24. The molecule has 0 bridgehead atoms. The van der Waals surface area contributed by atoms with Gasteiger partial charge in [-0.2, -0.15) is 0 Å². The van der Waals surface area contributed by atoms with Crippen molar-refractivity contribution in [3.05, 3.63) is 0 Å². The summed E-state index contributed by atoms with van der Waals surface area (Å²) < 4.78 is 4.86. The third-order valence-electron chi connectivity index (χ3n) is 3.16. The van der Waals surface area contributed by atoms with Crippen LogP contribution in [0.4, 0.5) is 4.79 Å². The van der Waals surface area contributed by atoms with Crippen LogP contribution in [0.2, 0.25) is 0 Å². The molecule has 0 heterocycles. The average Bonchev–Trinajstić information content (AvgIpc) is 2.84. The lowest BCUT2D eigenvalue weighted by molar-refractivity contribution is 0.144. The summed E-state index contributed by atoms with van der Waals surface area (Å²) in [6, 6.07) is 0.401. The van der Waals surface area contributed by atoms with Gasteiger partial charge in [0.25, 0.3) is 0 Å². The second-order valence-corrected chi connectivity index (χ2v) is 4.06. The first kappa shape index (κ1) is 8.85. The third kappa shape index (κ3) is 1.95. The Morgan fingerprint density at radius 3 is 3.15 bits per heavy atom. The number of carbonyl (C=O) groups is 1. The lowest BCUT2D eigenvalue weighted by Gasteiger charge is -2.21. The van der Waals surface area contributed by atoms with Crippen molar-refractivity contribution in [1.82, 2.24) is 5.32 Å². The molecule has 1 amide bonds. The number of fused-ring (bicyclic) bond motifs is 1. The van der Waals surface area contributed by atoms with E-state index in [1.807, 2.05) is 6.92 Å². The molecule has 0 aliphatic heterocycles. The van der Waals surface area contributed by atoms with Gasteiger partial charge in [0.2, 0.25) is 0 Å². The molecule has 3 atom stereocenters. The van der Waals surface area contributed by atoms with Gasteiger partial charge in [0, 0.05) is 6.04 Å². The van der Waals surface area contributed by atoms with Crippen LogP contribution in [0.1, 0.15) is 32.6 Å². The summed E-state index contributed by atoms with van der Waals surface area (Å²) in [6.45, 7) is 2.30. The standard InChI is InChI=1S/C10H17NO2/c1-2-13-10(12)11-9-5-3-4-7-6-8(7)9/h7-9H,2-6H2,1H3,(H,11,12)/t7-,8+,9-/m0/s1. The number of hydrogen-bond donors (Lipinski definition) is 1. The second-order valence-electron chi connectivity index (χ2n) is 4.06. The Balaban J connectivity index is 1.77. The quantitative estimate of drug-likeness (QED) is 0.710. The van der Waals surface area contributed by atoms with Gasteiger partial charge in [-0.1, -0.05) is 12.8 Å². The van der Waals surface area contributed by atoms with Crippen molar-refractivity contribution in [2.24, 2.45) is 11.8 Å². The number of rotatable bonds is 2. The number of amides is 1. The maximum absolute atomic E-state index is 11.1. The highest BCUT2D eigenvalue weighted by atomic mass is 16.5. The van der Waals surface area contributed by atoms with Crippen molar-refractivity contribution in [3.63, 3.8) is 0 Å². The molecular weight excluding hydrogens is 166 g/mol. The SMILES string of the molecule is CCOC(=O)N[C@H]1CCC[C@H]2C[C@H]21. The topological polar surface area (TPSA) is 38.3 Å². The van der Waals surface area contributed by atoms with Crippen molar-refractivity contribution in [1.29, 1.82) is 0 Å². The van der Waals surface area contributed by atoms with E-state index in [1.165, 1.54) is 19.3 Å². The Bertz CT molecular complexity index is 205. The van der Waals surface area contributed by atoms with Crippen LogP contribution in [0.15, 0.2) is 0 Å². The second kappa shape index (κ2) is 3.56. The van der Waals surface area contributed by atoms with Crippen molar-refractivity contribution >= 4 is 6.09 Å². The van der Waals surface area contributed by atoms with Gasteiger partial charge >= 0.3 is 6.09 Å². The minimum Gasteiger partial charge on any atom is -0.450 e. The summed E-state index contributed by atoms with van der Waals surface area (Å²) in [4.78, 5) is 11.1. The predicted octanol–water partition coefficient (Wildman–Crippen LogP) is 1.92. The van der Waals surface area contributed by atoms with Crippen LogP contribution < -0.4 is 5.32 Å². The highest BCUT2D eigenvalue weighted by molar-refractivity contribution is 5.67. The van der Waals surface area contributed by atoms with E-state index >= 15 is 0 Å². The fourth-order valence-corrected chi connectivity index (χ4v) is 2.41. The lowest BCUT2D eigenvalue weighted by atomic mass is 9.96. The zero-order valence-corrected chi connectivity index (χ0v) is 8.08. The fourth-order valence-electron chi connectivity index (χ4n) is 2.41. The summed E-state index contributed by atoms with van der Waals surface area (Å²) in [7, 11) is 0. The van der Waals surface area contributed by atoms with Crippen molar-refractivity contribution in [3.8, 4) is 0 Å². The predicted molar refractivity (Wildman–Crippen MR) is 49.4 cm³/mol. The van der Waals surface area contributed by atoms with E-state index in [0.717, 1.165) is 18.3 Å². The van der Waals surface area contributed by atoms with E-state index in [4.69, 9.17) is 4.74 Å². The molecule has 0 saturated heterocycles. The molecule has 2 aliphatic carbocycles. The molecule has 0 aromatic heterocycles. The van der Waals surface area contributed by atoms with Crippen LogP contribution in [0.5, 0.6) is 0 Å². The van der Waals surface area contributed by atoms with E-state index in [-0.39, 0.29) is 6.09 Å². The molecule has 0 aromatic carbocycles. The molecule has 3 heteroatoms. The Labute approximate surface area is 78.8 Å². The summed E-state index contributed by atoms with van der Waals surface area (Å²) in [5, 5.41) is 2.95. The van der Waals surface area contributed by atoms with E-state index in [0.29, 0.717) is 12.6 Å². The highest BCUT2D eigenvalue weighted by Gasteiger charge is 2.45. The number of ether oxygens (including phenoxy) is 1. The van der Waals surface area contributed by atoms with Crippen molar-refractivity contribution in [2.45, 2.75) is 38.6 Å². The molecule has 2 rings (SSSR count). The monoisotopic (exact) mass is 183 g/mol. The Hall–Kier alpha value is -0.730. The summed E-state index contributed by atoms with van der Waals surface area (Å²) in [5.74, 6) is 1.67. The smallest absolute Gasteiger partial charge is 0.407 e. The van der Waals surface area contributed by atoms with Gasteiger partial charge in [0.05, 0.1) is 6.61 Å². The molecule has 0 spiro atoms. The minimum atomic E-state index is -0.236. The van der Waals surface area contributed by atoms with Gasteiger partial charge < -0.3 is 10.1 Å². The molecular formula is C10H17NO2. The van der Waals surface area contributed by atoms with Gasteiger partial charge in [-0.25, -0.2) is 4.79 Å². The molecule has 13 heavy (non-hydrogen) atoms. The minimum absolute atomic E-state index is 0.236. The molecule has 1 N–H and O–H groups in total. The molecule has 0 unspecified atom stereocenters. The Kier molecular flexibility index (Phi) is 2.42. The summed E-state index contributed by atoms with van der Waals surface area (Å²) >= 11 is 0. The van der Waals surface area contributed by atoms with Crippen LogP contribution >= 0.6 is 0 Å². The van der Waals surface area contributed by atoms with Crippen molar-refractivity contribution in [2.75, 3.05) is 6.61 Å². The molecule has 2 saturated carbocycles. The van der Waals surface area contributed by atoms with E-state index in [2.05, 4.69) is 5.32 Å². The number of nitrogens with one attached hydrogen (secondary N) is 1. The molecule has 2 fully saturated rings. The zero-order valence-electron chi connectivity index (χ0n) is 8.08. The van der Waals surface area contributed by atoms with Crippen LogP contribution in [0.3, 0.4) is 0 Å². The maximum Gasteiger partial charge on any atom is 0.407 e. The fraction of sp³-hybridized carbons (Fsp3) is 0.900. The molecule has 0 aromatic rings.